The number of ether oxygens (including phenoxy) is 1. The summed E-state index contributed by atoms with van der Waals surface area (Å²) in [6, 6.07) is 1.92. The van der Waals surface area contributed by atoms with E-state index in [0.29, 0.717) is 58.9 Å². The van der Waals surface area contributed by atoms with Crippen LogP contribution in [0.1, 0.15) is 12.0 Å². The van der Waals surface area contributed by atoms with Gasteiger partial charge < -0.3 is 25.6 Å². The number of anilines is 1. The Morgan fingerprint density at radius 1 is 1.26 bits per heavy atom. The molecule has 3 heterocycles. The second-order valence-corrected chi connectivity index (χ2v) is 7.13. The molecule has 3 rings (SSSR count). The zero-order chi connectivity index (χ0) is 19.1. The van der Waals surface area contributed by atoms with Crippen LogP contribution < -0.4 is 16.0 Å². The third-order valence-corrected chi connectivity index (χ3v) is 5.15. The maximum Gasteiger partial charge on any atom is 0.227 e. The number of hydrogen-bond acceptors (Lipinski definition) is 6. The number of nitrogens with zero attached hydrogens (tertiary/aromatic N) is 2. The molecular weight excluding hydrogens is 346 g/mol. The van der Waals surface area contributed by atoms with Crippen LogP contribution in [0.15, 0.2) is 18.5 Å². The third kappa shape index (κ3) is 5.40. The predicted octanol–water partition coefficient (Wildman–Crippen LogP) is 0.00262. The van der Waals surface area contributed by atoms with Crippen molar-refractivity contribution in [1.29, 1.82) is 0 Å². The topological polar surface area (TPSA) is 95.6 Å². The van der Waals surface area contributed by atoms with E-state index in [1.165, 1.54) is 0 Å². The average molecular weight is 375 g/mol. The summed E-state index contributed by atoms with van der Waals surface area (Å²) in [5.74, 6) is -0.157. The Bertz CT molecular complexity index is 648. The maximum absolute atomic E-state index is 12.7. The third-order valence-electron chi connectivity index (χ3n) is 5.15. The lowest BCUT2D eigenvalue weighted by atomic mass is 9.88. The highest BCUT2D eigenvalue weighted by Gasteiger charge is 2.33. The fourth-order valence-electron chi connectivity index (χ4n) is 3.57. The van der Waals surface area contributed by atoms with Crippen molar-refractivity contribution in [2.75, 3.05) is 57.8 Å². The number of aryl methyl sites for hydroxylation is 1. The molecule has 0 unspecified atom stereocenters. The first-order valence-corrected chi connectivity index (χ1v) is 9.64. The Labute approximate surface area is 160 Å². The van der Waals surface area contributed by atoms with Crippen molar-refractivity contribution < 1.29 is 14.3 Å². The van der Waals surface area contributed by atoms with E-state index in [-0.39, 0.29) is 23.7 Å². The summed E-state index contributed by atoms with van der Waals surface area (Å²) < 4.78 is 5.31. The molecule has 2 amide bonds. The number of hydrogen-bond donors (Lipinski definition) is 3. The van der Waals surface area contributed by atoms with Gasteiger partial charge in [0.15, 0.2) is 0 Å². The summed E-state index contributed by atoms with van der Waals surface area (Å²) in [6.45, 7) is 6.93. The molecule has 148 valence electrons. The highest BCUT2D eigenvalue weighted by Crippen LogP contribution is 2.19. The van der Waals surface area contributed by atoms with E-state index in [4.69, 9.17) is 4.74 Å². The zero-order valence-electron chi connectivity index (χ0n) is 15.9. The van der Waals surface area contributed by atoms with Crippen LogP contribution in [0.25, 0.3) is 0 Å². The van der Waals surface area contributed by atoms with Gasteiger partial charge in [0.05, 0.1) is 25.0 Å². The first-order chi connectivity index (χ1) is 13.1. The Kier molecular flexibility index (Phi) is 7.00. The predicted molar refractivity (Wildman–Crippen MR) is 102 cm³/mol. The molecule has 27 heavy (non-hydrogen) atoms. The fraction of sp³-hybridized carbons (Fsp3) is 0.632. The van der Waals surface area contributed by atoms with Gasteiger partial charge in [-0.3, -0.25) is 14.6 Å². The Morgan fingerprint density at radius 2 is 2.04 bits per heavy atom. The van der Waals surface area contributed by atoms with Gasteiger partial charge in [0.1, 0.15) is 0 Å². The molecule has 1 aromatic heterocycles. The molecule has 8 heteroatoms. The summed E-state index contributed by atoms with van der Waals surface area (Å²) >= 11 is 0. The van der Waals surface area contributed by atoms with Crippen LogP contribution in [0.4, 0.5) is 5.69 Å². The molecule has 2 aliphatic heterocycles. The lowest BCUT2D eigenvalue weighted by molar-refractivity contribution is -0.141. The van der Waals surface area contributed by atoms with E-state index in [1.807, 2.05) is 17.9 Å². The van der Waals surface area contributed by atoms with Gasteiger partial charge >= 0.3 is 0 Å². The number of nitrogens with one attached hydrogen (secondary N) is 3. The second kappa shape index (κ2) is 9.66. The van der Waals surface area contributed by atoms with Crippen molar-refractivity contribution in [3.8, 4) is 0 Å². The quantitative estimate of drug-likeness (QED) is 0.606. The summed E-state index contributed by atoms with van der Waals surface area (Å²) in [5, 5.41) is 9.52. The van der Waals surface area contributed by atoms with Crippen molar-refractivity contribution in [2.24, 2.45) is 11.8 Å². The summed E-state index contributed by atoms with van der Waals surface area (Å²) in [7, 11) is 0. The summed E-state index contributed by atoms with van der Waals surface area (Å²) in [4.78, 5) is 31.1. The second-order valence-electron chi connectivity index (χ2n) is 7.13. The first kappa shape index (κ1) is 19.6. The van der Waals surface area contributed by atoms with Gasteiger partial charge in [-0.05, 0) is 25.0 Å². The molecule has 2 saturated heterocycles. The van der Waals surface area contributed by atoms with Crippen molar-refractivity contribution in [3.63, 3.8) is 0 Å². The van der Waals surface area contributed by atoms with E-state index >= 15 is 0 Å². The minimum absolute atomic E-state index is 0.00947. The van der Waals surface area contributed by atoms with Crippen molar-refractivity contribution in [2.45, 2.75) is 13.3 Å². The summed E-state index contributed by atoms with van der Waals surface area (Å²) in [5.41, 5.74) is 2.10. The van der Waals surface area contributed by atoms with Gasteiger partial charge in [-0.15, -0.1) is 0 Å². The molecule has 2 fully saturated rings. The molecule has 1 aromatic rings. The lowest BCUT2D eigenvalue weighted by Crippen LogP contribution is -2.51. The molecular formula is C19H29N5O3. The van der Waals surface area contributed by atoms with Crippen LogP contribution >= 0.6 is 0 Å². The highest BCUT2D eigenvalue weighted by molar-refractivity contribution is 5.83. The van der Waals surface area contributed by atoms with E-state index in [9.17, 15) is 9.59 Å². The largest absolute Gasteiger partial charge is 0.383 e. The van der Waals surface area contributed by atoms with Crippen LogP contribution in [0, 0.1) is 18.8 Å². The van der Waals surface area contributed by atoms with Crippen molar-refractivity contribution in [1.82, 2.24) is 20.5 Å². The molecule has 0 spiro atoms. The van der Waals surface area contributed by atoms with Crippen LogP contribution in [-0.4, -0.2) is 74.2 Å². The van der Waals surface area contributed by atoms with Gasteiger partial charge in [-0.1, -0.05) is 0 Å². The van der Waals surface area contributed by atoms with Gasteiger partial charge in [-0.2, -0.15) is 0 Å². The standard InChI is InChI=1S/C19H29N5O3/c1-14-11-20-3-2-17(14)22-4-5-23-18(25)15-10-16(13-21-12-15)19(26)24-6-8-27-9-7-24/h2-3,11,15-16,21H,4-10,12-13H2,1H3,(H,20,22)(H,23,25)/t15-,16-/m0/s1. The lowest BCUT2D eigenvalue weighted by Gasteiger charge is -2.34. The Hall–Kier alpha value is -2.19. The maximum atomic E-state index is 12.7. The van der Waals surface area contributed by atoms with E-state index in [1.54, 1.807) is 12.4 Å². The number of rotatable bonds is 6. The average Bonchev–Trinajstić information content (AvgIpc) is 2.72. The highest BCUT2D eigenvalue weighted by atomic mass is 16.5. The number of morpholine rings is 1. The zero-order valence-corrected chi connectivity index (χ0v) is 15.9. The number of piperidine rings is 1. The van der Waals surface area contributed by atoms with E-state index < -0.39 is 0 Å². The van der Waals surface area contributed by atoms with Crippen LogP contribution in [0.3, 0.4) is 0 Å². The molecule has 2 aliphatic rings. The number of carbonyl (C=O) groups excluding carboxylic acids is 2. The van der Waals surface area contributed by atoms with Crippen LogP contribution in [0.2, 0.25) is 0 Å². The van der Waals surface area contributed by atoms with Gasteiger partial charge in [-0.25, -0.2) is 0 Å². The van der Waals surface area contributed by atoms with Crippen LogP contribution in [0.5, 0.6) is 0 Å². The van der Waals surface area contributed by atoms with Gasteiger partial charge in [0.25, 0.3) is 0 Å². The molecule has 2 atom stereocenters. The minimum atomic E-state index is -0.170. The smallest absolute Gasteiger partial charge is 0.227 e. The number of carbonyl (C=O) groups is 2. The van der Waals surface area contributed by atoms with Crippen molar-refractivity contribution >= 4 is 17.5 Å². The molecule has 8 nitrogen and oxygen atoms in total. The first-order valence-electron chi connectivity index (χ1n) is 9.64. The number of pyridine rings is 1. The Balaban J connectivity index is 1.41. The Morgan fingerprint density at radius 3 is 2.81 bits per heavy atom. The number of aromatic nitrogens is 1. The van der Waals surface area contributed by atoms with Gasteiger partial charge in [0, 0.05) is 57.3 Å². The fourth-order valence-corrected chi connectivity index (χ4v) is 3.57. The van der Waals surface area contributed by atoms with Crippen LogP contribution in [-0.2, 0) is 14.3 Å². The molecule has 0 aromatic carbocycles. The molecule has 0 aliphatic carbocycles. The summed E-state index contributed by atoms with van der Waals surface area (Å²) in [6.07, 6.45) is 4.15. The monoisotopic (exact) mass is 375 g/mol. The van der Waals surface area contributed by atoms with E-state index in [2.05, 4.69) is 20.9 Å². The van der Waals surface area contributed by atoms with Gasteiger partial charge in [0.2, 0.25) is 11.8 Å². The van der Waals surface area contributed by atoms with Crippen molar-refractivity contribution in [3.05, 3.63) is 24.0 Å². The number of amides is 2. The molecule has 0 bridgehead atoms. The SMILES string of the molecule is Cc1cnccc1NCCNC(=O)[C@@H]1CNC[C@@H](C(=O)N2CCOCC2)C1. The normalized spacial score (nSPS) is 22.9. The van der Waals surface area contributed by atoms with E-state index in [0.717, 1.165) is 11.3 Å². The molecule has 0 saturated carbocycles. The molecule has 0 radical (unpaired) electrons. The minimum Gasteiger partial charge on any atom is -0.383 e. The molecule has 3 N–H and O–H groups in total.